The molecule has 21 heavy (non-hydrogen) atoms. The number of benzene rings is 1. The zero-order chi connectivity index (χ0) is 15.5. The Kier molecular flexibility index (Phi) is 5.12. The fourth-order valence-corrected chi connectivity index (χ4v) is 2.98. The molecule has 4 nitrogen and oxygen atoms in total. The third kappa shape index (κ3) is 4.11. The molecular formula is C16H22ClNO3. The minimum Gasteiger partial charge on any atom is -0.479 e. The van der Waals surface area contributed by atoms with E-state index in [1.165, 1.54) is 0 Å². The average molecular weight is 312 g/mol. The maximum atomic E-state index is 12.3. The van der Waals surface area contributed by atoms with Gasteiger partial charge in [0.1, 0.15) is 5.75 Å². The predicted octanol–water partition coefficient (Wildman–Crippen LogP) is 2.87. The van der Waals surface area contributed by atoms with Crippen LogP contribution in [0.25, 0.3) is 0 Å². The second-order valence-corrected chi connectivity index (χ2v) is 6.22. The van der Waals surface area contributed by atoms with Crippen molar-refractivity contribution >= 4 is 17.5 Å². The van der Waals surface area contributed by atoms with Crippen LogP contribution in [0, 0.1) is 0 Å². The van der Waals surface area contributed by atoms with Crippen LogP contribution in [0.3, 0.4) is 0 Å². The molecule has 1 fully saturated rings. The lowest BCUT2D eigenvalue weighted by Gasteiger charge is -2.30. The van der Waals surface area contributed by atoms with Gasteiger partial charge in [-0.2, -0.15) is 0 Å². The topological polar surface area (TPSA) is 49.8 Å². The van der Waals surface area contributed by atoms with Crippen molar-refractivity contribution in [2.75, 3.05) is 13.6 Å². The fourth-order valence-electron chi connectivity index (χ4n) is 2.80. The quantitative estimate of drug-likeness (QED) is 0.909. The molecule has 1 aromatic rings. The lowest BCUT2D eigenvalue weighted by Crippen LogP contribution is -2.46. The monoisotopic (exact) mass is 311 g/mol. The van der Waals surface area contributed by atoms with E-state index in [-0.39, 0.29) is 5.91 Å². The summed E-state index contributed by atoms with van der Waals surface area (Å²) in [6.45, 7) is 2.04. The summed E-state index contributed by atoms with van der Waals surface area (Å²) in [4.78, 5) is 13.9. The van der Waals surface area contributed by atoms with E-state index in [0.717, 1.165) is 25.7 Å². The van der Waals surface area contributed by atoms with Crippen molar-refractivity contribution in [2.24, 2.45) is 0 Å². The van der Waals surface area contributed by atoms with Crippen molar-refractivity contribution in [3.63, 3.8) is 0 Å². The van der Waals surface area contributed by atoms with Gasteiger partial charge in [-0.15, -0.1) is 0 Å². The van der Waals surface area contributed by atoms with E-state index in [9.17, 15) is 9.90 Å². The summed E-state index contributed by atoms with van der Waals surface area (Å²) < 4.78 is 5.62. The van der Waals surface area contributed by atoms with Gasteiger partial charge in [-0.05, 0) is 31.9 Å². The van der Waals surface area contributed by atoms with Gasteiger partial charge in [-0.1, -0.05) is 36.6 Å². The van der Waals surface area contributed by atoms with Gasteiger partial charge >= 0.3 is 0 Å². The Balaban J connectivity index is 1.94. The Hall–Kier alpha value is -1.26. The van der Waals surface area contributed by atoms with Crippen LogP contribution in [0.4, 0.5) is 0 Å². The van der Waals surface area contributed by atoms with Crippen molar-refractivity contribution in [3.8, 4) is 5.75 Å². The van der Waals surface area contributed by atoms with Crippen LogP contribution >= 0.6 is 11.6 Å². The summed E-state index contributed by atoms with van der Waals surface area (Å²) in [7, 11) is 1.70. The van der Waals surface area contributed by atoms with Gasteiger partial charge in [0, 0.05) is 13.6 Å². The summed E-state index contributed by atoms with van der Waals surface area (Å²) in [5.41, 5.74) is -0.742. The highest BCUT2D eigenvalue weighted by Gasteiger charge is 2.34. The zero-order valence-corrected chi connectivity index (χ0v) is 13.3. The molecule has 116 valence electrons. The van der Waals surface area contributed by atoms with E-state index in [1.807, 2.05) is 12.1 Å². The summed E-state index contributed by atoms with van der Waals surface area (Å²) in [6, 6.07) is 7.07. The molecule has 2 rings (SSSR count). The predicted molar refractivity (Wildman–Crippen MR) is 82.6 cm³/mol. The molecule has 1 N–H and O–H groups in total. The van der Waals surface area contributed by atoms with Crippen LogP contribution in [0.15, 0.2) is 24.3 Å². The van der Waals surface area contributed by atoms with Crippen molar-refractivity contribution in [2.45, 2.75) is 44.3 Å². The molecule has 0 aromatic heterocycles. The smallest absolute Gasteiger partial charge is 0.263 e. The van der Waals surface area contributed by atoms with Crippen LogP contribution in [0.1, 0.15) is 32.6 Å². The molecule has 1 atom stereocenters. The van der Waals surface area contributed by atoms with E-state index in [4.69, 9.17) is 16.3 Å². The maximum absolute atomic E-state index is 12.3. The summed E-state index contributed by atoms with van der Waals surface area (Å²) in [5.74, 6) is 0.336. The molecule has 0 saturated heterocycles. The van der Waals surface area contributed by atoms with Crippen molar-refractivity contribution in [3.05, 3.63) is 29.3 Å². The van der Waals surface area contributed by atoms with Crippen molar-refractivity contribution in [1.82, 2.24) is 4.90 Å². The number of halogens is 1. The molecule has 0 heterocycles. The zero-order valence-electron chi connectivity index (χ0n) is 12.5. The Morgan fingerprint density at radius 2 is 2.05 bits per heavy atom. The van der Waals surface area contributed by atoms with E-state index in [0.29, 0.717) is 17.3 Å². The van der Waals surface area contributed by atoms with Gasteiger partial charge < -0.3 is 14.7 Å². The molecule has 0 unspecified atom stereocenters. The Morgan fingerprint density at radius 3 is 2.67 bits per heavy atom. The van der Waals surface area contributed by atoms with E-state index in [1.54, 1.807) is 31.0 Å². The van der Waals surface area contributed by atoms with E-state index in [2.05, 4.69) is 0 Å². The SMILES string of the molecule is C[C@@H](Oc1ccccc1Cl)C(=O)N(C)CC1(O)CCCC1. The molecule has 1 aliphatic rings. The van der Waals surface area contributed by atoms with Crippen molar-refractivity contribution < 1.29 is 14.6 Å². The maximum Gasteiger partial charge on any atom is 0.263 e. The minimum absolute atomic E-state index is 0.157. The molecule has 5 heteroatoms. The number of rotatable bonds is 5. The van der Waals surface area contributed by atoms with Gasteiger partial charge in [0.2, 0.25) is 0 Å². The third-order valence-electron chi connectivity index (χ3n) is 3.93. The minimum atomic E-state index is -0.742. The molecule has 1 aliphatic carbocycles. The Labute approximate surface area is 130 Å². The number of carbonyl (C=O) groups excluding carboxylic acids is 1. The number of likely N-dealkylation sites (N-methyl/N-ethyl adjacent to an activating group) is 1. The highest BCUT2D eigenvalue weighted by molar-refractivity contribution is 6.32. The van der Waals surface area contributed by atoms with Crippen LogP contribution < -0.4 is 4.74 Å². The van der Waals surface area contributed by atoms with Crippen LogP contribution in [0.2, 0.25) is 5.02 Å². The third-order valence-corrected chi connectivity index (χ3v) is 4.24. The summed E-state index contributed by atoms with van der Waals surface area (Å²) >= 11 is 6.02. The summed E-state index contributed by atoms with van der Waals surface area (Å²) in [5, 5.41) is 10.9. The normalized spacial score (nSPS) is 18.3. The Bertz CT molecular complexity index is 500. The van der Waals surface area contributed by atoms with Crippen molar-refractivity contribution in [1.29, 1.82) is 0 Å². The molecule has 1 saturated carbocycles. The number of carbonyl (C=O) groups is 1. The number of aliphatic hydroxyl groups is 1. The second-order valence-electron chi connectivity index (χ2n) is 5.82. The van der Waals surface area contributed by atoms with Crippen LogP contribution in [-0.2, 0) is 4.79 Å². The van der Waals surface area contributed by atoms with Crippen LogP contribution in [0.5, 0.6) is 5.75 Å². The lowest BCUT2D eigenvalue weighted by atomic mass is 10.0. The first-order chi connectivity index (χ1) is 9.91. The van der Waals surface area contributed by atoms with Gasteiger partial charge in [-0.3, -0.25) is 4.79 Å². The van der Waals surface area contributed by atoms with Gasteiger partial charge in [0.15, 0.2) is 6.10 Å². The lowest BCUT2D eigenvalue weighted by molar-refractivity contribution is -0.139. The van der Waals surface area contributed by atoms with Gasteiger partial charge in [0.25, 0.3) is 5.91 Å². The Morgan fingerprint density at radius 1 is 1.43 bits per heavy atom. The number of nitrogens with zero attached hydrogens (tertiary/aromatic N) is 1. The average Bonchev–Trinajstić information content (AvgIpc) is 2.86. The first kappa shape index (κ1) is 16.1. The molecule has 0 spiro atoms. The fraction of sp³-hybridized carbons (Fsp3) is 0.562. The van der Waals surface area contributed by atoms with Crippen LogP contribution in [-0.4, -0.2) is 41.2 Å². The molecule has 0 aliphatic heterocycles. The number of hydrogen-bond acceptors (Lipinski definition) is 3. The summed E-state index contributed by atoms with van der Waals surface area (Å²) in [6.07, 6.45) is 2.91. The first-order valence-corrected chi connectivity index (χ1v) is 7.68. The first-order valence-electron chi connectivity index (χ1n) is 7.30. The van der Waals surface area contributed by atoms with Gasteiger partial charge in [0.05, 0.1) is 10.6 Å². The number of hydrogen-bond donors (Lipinski definition) is 1. The highest BCUT2D eigenvalue weighted by Crippen LogP contribution is 2.30. The molecular weight excluding hydrogens is 290 g/mol. The molecule has 0 bridgehead atoms. The van der Waals surface area contributed by atoms with Gasteiger partial charge in [-0.25, -0.2) is 0 Å². The largest absolute Gasteiger partial charge is 0.479 e. The number of amides is 1. The van der Waals surface area contributed by atoms with E-state index >= 15 is 0 Å². The standard InChI is InChI=1S/C16H22ClNO3/c1-12(21-14-8-4-3-7-13(14)17)15(19)18(2)11-16(20)9-5-6-10-16/h3-4,7-8,12,20H,5-6,9-11H2,1-2H3/t12-/m1/s1. The number of para-hydroxylation sites is 1. The second kappa shape index (κ2) is 6.67. The molecule has 1 amide bonds. The highest BCUT2D eigenvalue weighted by atomic mass is 35.5. The number of ether oxygens (including phenoxy) is 1. The molecule has 1 aromatic carbocycles. The van der Waals surface area contributed by atoms with E-state index < -0.39 is 11.7 Å². The molecule has 0 radical (unpaired) electrons.